The van der Waals surface area contributed by atoms with Crippen molar-refractivity contribution >= 4 is 11.7 Å². The number of pyridine rings is 1. The average molecular weight is 332 g/mol. The zero-order valence-corrected chi connectivity index (χ0v) is 13.5. The topological polar surface area (TPSA) is 87.4 Å². The van der Waals surface area contributed by atoms with E-state index >= 15 is 0 Å². The molecule has 0 bridgehead atoms. The van der Waals surface area contributed by atoms with Gasteiger partial charge in [0.15, 0.2) is 0 Å². The zero-order valence-electron chi connectivity index (χ0n) is 13.5. The van der Waals surface area contributed by atoms with Crippen molar-refractivity contribution in [2.24, 2.45) is 0 Å². The lowest BCUT2D eigenvalue weighted by atomic mass is 10.2. The Balaban J connectivity index is 1.76. The normalized spacial score (nSPS) is 17.1. The second-order valence-corrected chi connectivity index (χ2v) is 5.57. The van der Waals surface area contributed by atoms with Crippen LogP contribution in [0.4, 0.5) is 5.82 Å². The second kappa shape index (κ2) is 7.41. The maximum Gasteiger partial charge on any atom is 0.258 e. The zero-order chi connectivity index (χ0) is 16.9. The standard InChI is InChI=1S/C16H20N4O4/c1-23-9-7-19-10-12(2-3-15(19)21)16(22)18-14-4-6-17-20(14)13-5-8-24-11-13/h2-4,6,10,13H,5,7-9,11H2,1H3,(H,18,22). The third kappa shape index (κ3) is 3.55. The number of carbonyl (C=O) groups excluding carboxylic acids is 1. The Kier molecular flexibility index (Phi) is 5.07. The molecule has 2 aromatic heterocycles. The molecule has 1 aliphatic heterocycles. The Morgan fingerprint density at radius 3 is 3.08 bits per heavy atom. The van der Waals surface area contributed by atoms with Crippen molar-refractivity contribution in [1.29, 1.82) is 0 Å². The molecule has 1 saturated heterocycles. The van der Waals surface area contributed by atoms with Crippen LogP contribution in [0, 0.1) is 0 Å². The summed E-state index contributed by atoms with van der Waals surface area (Å²) in [4.78, 5) is 24.3. The van der Waals surface area contributed by atoms with Crippen LogP contribution in [-0.2, 0) is 16.0 Å². The number of nitrogens with one attached hydrogen (secondary N) is 1. The summed E-state index contributed by atoms with van der Waals surface area (Å²) >= 11 is 0. The van der Waals surface area contributed by atoms with Gasteiger partial charge < -0.3 is 19.4 Å². The summed E-state index contributed by atoms with van der Waals surface area (Å²) in [5, 5.41) is 7.11. The second-order valence-electron chi connectivity index (χ2n) is 5.57. The van der Waals surface area contributed by atoms with Crippen molar-refractivity contribution in [3.8, 4) is 0 Å². The molecule has 1 unspecified atom stereocenters. The maximum absolute atomic E-state index is 12.5. The maximum atomic E-state index is 12.5. The van der Waals surface area contributed by atoms with Gasteiger partial charge in [-0.05, 0) is 12.5 Å². The van der Waals surface area contributed by atoms with Crippen LogP contribution in [0.3, 0.4) is 0 Å². The first kappa shape index (κ1) is 16.4. The largest absolute Gasteiger partial charge is 0.383 e. The smallest absolute Gasteiger partial charge is 0.258 e. The van der Waals surface area contributed by atoms with Crippen LogP contribution in [-0.4, -0.2) is 47.2 Å². The van der Waals surface area contributed by atoms with Gasteiger partial charge in [0, 0.05) is 38.6 Å². The number of nitrogens with zero attached hydrogens (tertiary/aromatic N) is 3. The summed E-state index contributed by atoms with van der Waals surface area (Å²) in [6, 6.07) is 4.77. The SMILES string of the molecule is COCCn1cc(C(=O)Nc2ccnn2C2CCOC2)ccc1=O. The van der Waals surface area contributed by atoms with Gasteiger partial charge in [0.25, 0.3) is 11.5 Å². The first-order valence-electron chi connectivity index (χ1n) is 7.81. The number of ether oxygens (including phenoxy) is 2. The van der Waals surface area contributed by atoms with E-state index in [-0.39, 0.29) is 17.5 Å². The van der Waals surface area contributed by atoms with Crippen LogP contribution in [0.5, 0.6) is 0 Å². The van der Waals surface area contributed by atoms with Crippen LogP contribution < -0.4 is 10.9 Å². The number of anilines is 1. The van der Waals surface area contributed by atoms with Crippen LogP contribution >= 0.6 is 0 Å². The molecule has 8 nitrogen and oxygen atoms in total. The van der Waals surface area contributed by atoms with Gasteiger partial charge in [0.05, 0.1) is 31.0 Å². The molecule has 1 aliphatic rings. The van der Waals surface area contributed by atoms with Crippen molar-refractivity contribution in [1.82, 2.24) is 14.3 Å². The predicted molar refractivity (Wildman–Crippen MR) is 87.2 cm³/mol. The summed E-state index contributed by atoms with van der Waals surface area (Å²) in [5.41, 5.74) is 0.234. The average Bonchev–Trinajstić information content (AvgIpc) is 3.25. The third-order valence-electron chi connectivity index (χ3n) is 3.95. The van der Waals surface area contributed by atoms with E-state index in [4.69, 9.17) is 9.47 Å². The lowest BCUT2D eigenvalue weighted by Gasteiger charge is -2.14. The molecule has 0 radical (unpaired) electrons. The van der Waals surface area contributed by atoms with Gasteiger partial charge in [0.1, 0.15) is 5.82 Å². The Morgan fingerprint density at radius 2 is 2.33 bits per heavy atom. The van der Waals surface area contributed by atoms with E-state index in [2.05, 4.69) is 10.4 Å². The summed E-state index contributed by atoms with van der Waals surface area (Å²) in [6.07, 6.45) is 4.05. The molecule has 24 heavy (non-hydrogen) atoms. The van der Waals surface area contributed by atoms with Crippen LogP contribution in [0.25, 0.3) is 0 Å². The lowest BCUT2D eigenvalue weighted by Crippen LogP contribution is -2.24. The fourth-order valence-corrected chi connectivity index (χ4v) is 2.64. The van der Waals surface area contributed by atoms with Gasteiger partial charge in [-0.25, -0.2) is 4.68 Å². The number of rotatable bonds is 6. The molecule has 8 heteroatoms. The van der Waals surface area contributed by atoms with E-state index in [1.54, 1.807) is 24.1 Å². The number of aromatic nitrogens is 3. The van der Waals surface area contributed by atoms with Gasteiger partial charge in [-0.3, -0.25) is 9.59 Å². The van der Waals surface area contributed by atoms with Crippen molar-refractivity contribution in [3.63, 3.8) is 0 Å². The van der Waals surface area contributed by atoms with Crippen molar-refractivity contribution < 1.29 is 14.3 Å². The van der Waals surface area contributed by atoms with Crippen LogP contribution in [0.15, 0.2) is 35.4 Å². The molecule has 0 spiro atoms. The van der Waals surface area contributed by atoms with E-state index in [1.807, 2.05) is 0 Å². The van der Waals surface area contributed by atoms with Gasteiger partial charge in [-0.15, -0.1) is 0 Å². The number of hydrogen-bond acceptors (Lipinski definition) is 5. The molecular weight excluding hydrogens is 312 g/mol. The quantitative estimate of drug-likeness (QED) is 0.849. The van der Waals surface area contributed by atoms with Crippen LogP contribution in [0.1, 0.15) is 22.8 Å². The van der Waals surface area contributed by atoms with E-state index in [0.717, 1.165) is 6.42 Å². The molecule has 128 valence electrons. The van der Waals surface area contributed by atoms with E-state index in [1.165, 1.54) is 22.9 Å². The van der Waals surface area contributed by atoms with Crippen LogP contribution in [0.2, 0.25) is 0 Å². The molecule has 1 fully saturated rings. The fraction of sp³-hybridized carbons (Fsp3) is 0.438. The first-order valence-corrected chi connectivity index (χ1v) is 7.81. The predicted octanol–water partition coefficient (Wildman–Crippen LogP) is 0.905. The number of amides is 1. The van der Waals surface area contributed by atoms with E-state index in [0.29, 0.717) is 37.7 Å². The Morgan fingerprint density at radius 1 is 1.46 bits per heavy atom. The molecule has 2 aromatic rings. The highest BCUT2D eigenvalue weighted by atomic mass is 16.5. The molecule has 3 heterocycles. The summed E-state index contributed by atoms with van der Waals surface area (Å²) in [6.45, 7) is 2.09. The molecule has 0 aromatic carbocycles. The van der Waals surface area contributed by atoms with Gasteiger partial charge in [-0.1, -0.05) is 0 Å². The minimum absolute atomic E-state index is 0.131. The fourth-order valence-electron chi connectivity index (χ4n) is 2.64. The Hall–Kier alpha value is -2.45. The molecular formula is C16H20N4O4. The van der Waals surface area contributed by atoms with Crippen molar-refractivity contribution in [2.45, 2.75) is 19.0 Å². The monoisotopic (exact) mass is 332 g/mol. The highest BCUT2D eigenvalue weighted by molar-refractivity contribution is 6.03. The summed E-state index contributed by atoms with van der Waals surface area (Å²) in [7, 11) is 1.56. The number of hydrogen-bond donors (Lipinski definition) is 1. The van der Waals surface area contributed by atoms with Gasteiger partial charge in [-0.2, -0.15) is 5.10 Å². The third-order valence-corrected chi connectivity index (χ3v) is 3.95. The molecule has 1 N–H and O–H groups in total. The Bertz CT molecular complexity index is 761. The highest BCUT2D eigenvalue weighted by Gasteiger charge is 2.21. The minimum atomic E-state index is -0.290. The highest BCUT2D eigenvalue weighted by Crippen LogP contribution is 2.22. The van der Waals surface area contributed by atoms with E-state index in [9.17, 15) is 9.59 Å². The number of carbonyl (C=O) groups is 1. The molecule has 3 rings (SSSR count). The van der Waals surface area contributed by atoms with E-state index < -0.39 is 0 Å². The van der Waals surface area contributed by atoms with Crippen molar-refractivity contribution in [2.75, 3.05) is 32.2 Å². The molecule has 1 amide bonds. The summed E-state index contributed by atoms with van der Waals surface area (Å²) in [5.74, 6) is 0.326. The lowest BCUT2D eigenvalue weighted by molar-refractivity contribution is 0.102. The van der Waals surface area contributed by atoms with Crippen molar-refractivity contribution in [3.05, 3.63) is 46.5 Å². The molecule has 1 atom stereocenters. The molecule has 0 aliphatic carbocycles. The molecule has 0 saturated carbocycles. The summed E-state index contributed by atoms with van der Waals surface area (Å²) < 4.78 is 13.6. The first-order chi connectivity index (χ1) is 11.7. The van der Waals surface area contributed by atoms with Gasteiger partial charge in [0.2, 0.25) is 0 Å². The Labute approximate surface area is 139 Å². The number of methoxy groups -OCH3 is 1. The van der Waals surface area contributed by atoms with Gasteiger partial charge >= 0.3 is 0 Å². The minimum Gasteiger partial charge on any atom is -0.383 e.